The molecule has 8 atom stereocenters. The minimum Gasteiger partial charge on any atom is -0.484 e. The van der Waals surface area contributed by atoms with E-state index in [2.05, 4.69) is 77.1 Å². The summed E-state index contributed by atoms with van der Waals surface area (Å²) in [6, 6.07) is 23.0. The Morgan fingerprint density at radius 2 is 0.935 bits per heavy atom. The summed E-state index contributed by atoms with van der Waals surface area (Å²) >= 11 is 12.9. The maximum Gasteiger partial charge on any atom is 0.314 e. The van der Waals surface area contributed by atoms with Crippen molar-refractivity contribution >= 4 is 67.1 Å². The highest BCUT2D eigenvalue weighted by Gasteiger charge is 2.43. The molecular formula is C64H82Cl2N14O10S2. The number of nitrogens with zero attached hydrogens (tertiary/aromatic N) is 6. The molecule has 0 saturated carbocycles. The smallest absolute Gasteiger partial charge is 0.314 e. The number of nitrogens with one attached hydrogen (secondary N) is 8. The fourth-order valence-electron chi connectivity index (χ4n) is 13.4. The molecule has 6 aliphatic rings. The van der Waals surface area contributed by atoms with E-state index in [1.165, 1.54) is 24.3 Å². The van der Waals surface area contributed by atoms with E-state index in [1.54, 1.807) is 46.2 Å². The number of nitriles is 2. The maximum absolute atomic E-state index is 13.5. The summed E-state index contributed by atoms with van der Waals surface area (Å²) < 4.78 is 72.8. The summed E-state index contributed by atoms with van der Waals surface area (Å²) in [5.74, 6) is 0.699. The molecule has 4 aromatic carbocycles. The molecule has 8 N–H and O–H groups in total. The molecular weight excluding hydrogens is 1260 g/mol. The Bertz CT molecular complexity index is 3400. The molecule has 6 amide bonds. The van der Waals surface area contributed by atoms with Gasteiger partial charge in [0.05, 0.1) is 45.1 Å². The molecule has 0 aromatic heterocycles. The van der Waals surface area contributed by atoms with E-state index < -0.39 is 44.3 Å². The summed E-state index contributed by atoms with van der Waals surface area (Å²) in [4.78, 5) is 59.1. The van der Waals surface area contributed by atoms with Gasteiger partial charge in [0.1, 0.15) is 23.7 Å². The standard InChI is InChI=1S/C64H82Cl2N14O10S2/c1-41-37-77(27-23-69-41)57-33-53-43(35-67)29-45(65)31-55(53)61(57)89-49-9-13-51(14-10-49)91(85,86)75-47-17-25-79(39-47)59(81)7-5-21-73-63(83)71-19-3-4-20-72-64(84)74-22-6-8-60(82)80-26-18-48(40-80)76-92(87,88)52-15-11-50(12-16-52)90-62-56-32-46(66)30-44(36-68)54(56)34-58(62)78-28-24-70-42(2)38-78/h9-16,29-32,41-42,47-48,57-58,61-62,69-70,75-76H,3-8,17-28,33-34,37-40H2,1-2H3,(H2,71,73,83)(H2,72,74,84)/t41-,42-,47-,48-,57+,58+,61+,62+/m1/s1. The summed E-state index contributed by atoms with van der Waals surface area (Å²) in [7, 11) is -7.86. The Kier molecular flexibility index (Phi) is 22.9. The summed E-state index contributed by atoms with van der Waals surface area (Å²) in [6.45, 7) is 11.7. The van der Waals surface area contributed by atoms with Crippen molar-refractivity contribution in [2.24, 2.45) is 0 Å². The van der Waals surface area contributed by atoms with Crippen molar-refractivity contribution in [3.05, 3.63) is 116 Å². The van der Waals surface area contributed by atoms with E-state index in [9.17, 15) is 46.5 Å². The van der Waals surface area contributed by atoms with Crippen LogP contribution in [-0.2, 0) is 42.5 Å². The molecule has 494 valence electrons. The highest BCUT2D eigenvalue weighted by molar-refractivity contribution is 7.89. The number of ether oxygens (including phenoxy) is 2. The van der Waals surface area contributed by atoms with Crippen LogP contribution in [0.5, 0.6) is 11.5 Å². The van der Waals surface area contributed by atoms with Gasteiger partial charge in [-0.3, -0.25) is 19.4 Å². The first-order chi connectivity index (χ1) is 44.2. The molecule has 4 heterocycles. The first-order valence-corrected chi connectivity index (χ1v) is 35.5. The molecule has 4 aliphatic heterocycles. The van der Waals surface area contributed by atoms with Gasteiger partial charge in [-0.2, -0.15) is 10.5 Å². The Morgan fingerprint density at radius 1 is 0.554 bits per heavy atom. The van der Waals surface area contributed by atoms with Crippen molar-refractivity contribution in [3.63, 3.8) is 0 Å². The van der Waals surface area contributed by atoms with E-state index in [0.717, 1.165) is 61.5 Å². The van der Waals surface area contributed by atoms with Crippen LogP contribution in [0.4, 0.5) is 9.59 Å². The van der Waals surface area contributed by atoms with E-state index >= 15 is 0 Å². The summed E-state index contributed by atoms with van der Waals surface area (Å²) in [6.07, 6.45) is 3.67. The number of piperazine rings is 2. The Morgan fingerprint density at radius 3 is 1.30 bits per heavy atom. The molecule has 24 nitrogen and oxygen atoms in total. The molecule has 4 saturated heterocycles. The maximum atomic E-state index is 13.5. The Balaban J connectivity index is 0.552. The van der Waals surface area contributed by atoms with Gasteiger partial charge in [0.2, 0.25) is 31.9 Å². The number of carbonyl (C=O) groups is 4. The third kappa shape index (κ3) is 17.3. The van der Waals surface area contributed by atoms with Gasteiger partial charge in [0.25, 0.3) is 0 Å². The molecule has 0 radical (unpaired) electrons. The molecule has 0 spiro atoms. The average molecular weight is 1340 g/mol. The molecule has 0 unspecified atom stereocenters. The number of sulfonamides is 2. The lowest BCUT2D eigenvalue weighted by molar-refractivity contribution is -0.131. The fraction of sp³-hybridized carbons (Fsp3) is 0.531. The first-order valence-electron chi connectivity index (χ1n) is 31.8. The fourth-order valence-corrected chi connectivity index (χ4v) is 16.4. The zero-order valence-corrected chi connectivity index (χ0v) is 55.0. The number of urea groups is 2. The number of hydrogen-bond donors (Lipinski definition) is 8. The van der Waals surface area contributed by atoms with Gasteiger partial charge >= 0.3 is 12.1 Å². The Labute approximate surface area is 548 Å². The number of carbonyl (C=O) groups excluding carboxylic acids is 4. The number of amides is 6. The largest absolute Gasteiger partial charge is 0.484 e. The van der Waals surface area contributed by atoms with Gasteiger partial charge in [-0.25, -0.2) is 35.9 Å². The topological polar surface area (TPSA) is 312 Å². The highest BCUT2D eigenvalue weighted by atomic mass is 35.5. The van der Waals surface area contributed by atoms with Crippen LogP contribution >= 0.6 is 23.2 Å². The van der Waals surface area contributed by atoms with Crippen LogP contribution in [0.15, 0.2) is 82.6 Å². The van der Waals surface area contributed by atoms with Gasteiger partial charge in [-0.1, -0.05) is 23.2 Å². The van der Waals surface area contributed by atoms with Crippen molar-refractivity contribution in [1.29, 1.82) is 10.5 Å². The second-order valence-corrected chi connectivity index (χ2v) is 29.0. The van der Waals surface area contributed by atoms with Gasteiger partial charge in [-0.15, -0.1) is 0 Å². The van der Waals surface area contributed by atoms with Crippen LogP contribution in [0.3, 0.4) is 0 Å². The number of rotatable bonds is 25. The minimum absolute atomic E-state index is 0.0405. The van der Waals surface area contributed by atoms with E-state index in [0.29, 0.717) is 110 Å². The predicted octanol–water partition coefficient (Wildman–Crippen LogP) is 4.81. The van der Waals surface area contributed by atoms with Crippen molar-refractivity contribution in [2.75, 3.05) is 91.6 Å². The third-order valence-corrected chi connectivity index (χ3v) is 21.5. The van der Waals surface area contributed by atoms with Crippen LogP contribution in [0.2, 0.25) is 10.0 Å². The Hall–Kier alpha value is -6.82. The first kappa shape index (κ1) is 68.1. The lowest BCUT2D eigenvalue weighted by Crippen LogP contribution is -2.54. The van der Waals surface area contributed by atoms with Crippen molar-refractivity contribution in [2.45, 2.75) is 136 Å². The number of likely N-dealkylation sites (tertiary alicyclic amines) is 2. The average Bonchev–Trinajstić information content (AvgIpc) is 1.62. The number of halogens is 2. The molecule has 4 aromatic rings. The third-order valence-electron chi connectivity index (χ3n) is 18.0. The molecule has 28 heteroatoms. The quantitative estimate of drug-likeness (QED) is 0.0413. The predicted molar refractivity (Wildman–Crippen MR) is 346 cm³/mol. The van der Waals surface area contributed by atoms with Crippen LogP contribution in [0, 0.1) is 22.7 Å². The van der Waals surface area contributed by atoms with Gasteiger partial charge in [-0.05, 0) is 160 Å². The number of fused-ring (bicyclic) bond motifs is 2. The van der Waals surface area contributed by atoms with Gasteiger partial charge in [0, 0.05) is 139 Å². The van der Waals surface area contributed by atoms with Crippen LogP contribution < -0.4 is 50.8 Å². The van der Waals surface area contributed by atoms with E-state index in [-0.39, 0.29) is 96.9 Å². The second kappa shape index (κ2) is 31.0. The number of benzene rings is 4. The van der Waals surface area contributed by atoms with Gasteiger partial charge in [0.15, 0.2) is 0 Å². The monoisotopic (exact) mass is 1340 g/mol. The lowest BCUT2D eigenvalue weighted by Gasteiger charge is -2.38. The highest BCUT2D eigenvalue weighted by Crippen LogP contribution is 2.43. The molecule has 0 bridgehead atoms. The lowest BCUT2D eigenvalue weighted by atomic mass is 10.0. The van der Waals surface area contributed by atoms with Crippen molar-refractivity contribution < 1.29 is 45.5 Å². The van der Waals surface area contributed by atoms with Crippen LogP contribution in [0.1, 0.15) is 111 Å². The summed E-state index contributed by atoms with van der Waals surface area (Å²) in [5, 5.41) is 38.7. The van der Waals surface area contributed by atoms with E-state index in [1.807, 2.05) is 12.1 Å². The molecule has 10 rings (SSSR count). The SMILES string of the molecule is C[C@@H]1CN([C@H]2Cc3c(C#N)cc(Cl)cc3[C@@H]2Oc2ccc(S(=O)(=O)N[C@@H]3CCN(C(=O)CCCNC(=O)NCCCCNC(=O)NCCCC(=O)N4CC[C@@H](NS(=O)(=O)c5ccc(O[C@H]6c7cc(Cl)cc(C#N)c7C[C@@H]6N6CCN[C@H](C)C6)cc5)C4)C3)cc2)CCN1. The zero-order chi connectivity index (χ0) is 65.1. The number of hydrogen-bond acceptors (Lipinski definition) is 16. The van der Waals surface area contributed by atoms with Gasteiger partial charge < -0.3 is 51.2 Å². The molecule has 92 heavy (non-hydrogen) atoms. The normalized spacial score (nSPS) is 23.2. The van der Waals surface area contributed by atoms with E-state index in [4.69, 9.17) is 32.7 Å². The molecule has 2 aliphatic carbocycles. The second-order valence-electron chi connectivity index (χ2n) is 24.7. The summed E-state index contributed by atoms with van der Waals surface area (Å²) in [5.41, 5.74) is 4.60. The van der Waals surface area contributed by atoms with Crippen molar-refractivity contribution in [3.8, 4) is 23.6 Å². The van der Waals surface area contributed by atoms with Crippen molar-refractivity contribution in [1.82, 2.24) is 60.9 Å². The van der Waals surface area contributed by atoms with Crippen LogP contribution in [-0.4, -0.2) is 188 Å². The minimum atomic E-state index is -3.93. The zero-order valence-electron chi connectivity index (χ0n) is 51.9. The van der Waals surface area contributed by atoms with Crippen LogP contribution in [0.25, 0.3) is 0 Å². The number of unbranched alkanes of at least 4 members (excludes halogenated alkanes) is 1. The molecule has 4 fully saturated rings.